The minimum atomic E-state index is 0.205. The summed E-state index contributed by atoms with van der Waals surface area (Å²) in [5.41, 5.74) is 8.49. The fraction of sp³-hybridized carbons (Fsp3) is 0.500. The molecule has 72 valence electrons. The van der Waals surface area contributed by atoms with Crippen LogP contribution in [0.3, 0.4) is 0 Å². The van der Waals surface area contributed by atoms with Gasteiger partial charge in [-0.25, -0.2) is 4.63 Å². The Morgan fingerprint density at radius 3 is 2.92 bits per heavy atom. The average molecular weight is 186 g/mol. The molecule has 0 atom stereocenters. The van der Waals surface area contributed by atoms with Crippen molar-refractivity contribution in [3.8, 4) is 0 Å². The van der Waals surface area contributed by atoms with Crippen LogP contribution in [0.5, 0.6) is 0 Å². The molecule has 1 rings (SSSR count). The van der Waals surface area contributed by atoms with E-state index in [0.29, 0.717) is 18.1 Å². The van der Waals surface area contributed by atoms with Gasteiger partial charge in [-0.2, -0.15) is 4.84 Å². The number of nitrogens with two attached hydrogens (primary N) is 1. The van der Waals surface area contributed by atoms with Gasteiger partial charge in [0.2, 0.25) is 11.5 Å². The molecule has 0 amide bonds. The van der Waals surface area contributed by atoms with Crippen molar-refractivity contribution in [2.45, 2.75) is 6.92 Å². The van der Waals surface area contributed by atoms with E-state index in [9.17, 15) is 0 Å². The second-order valence-corrected chi connectivity index (χ2v) is 2.16. The molecule has 0 aliphatic carbocycles. The molecule has 1 aromatic rings. The summed E-state index contributed by atoms with van der Waals surface area (Å²) in [4.78, 5) is 7.77. The Labute approximate surface area is 74.9 Å². The highest BCUT2D eigenvalue weighted by Crippen LogP contribution is 2.01. The van der Waals surface area contributed by atoms with Gasteiger partial charge < -0.3 is 5.73 Å². The maximum atomic E-state index is 5.47. The molecule has 0 unspecified atom stereocenters. The Kier molecular flexibility index (Phi) is 3.21. The summed E-state index contributed by atoms with van der Waals surface area (Å²) in [6.45, 7) is 2.38. The van der Waals surface area contributed by atoms with Gasteiger partial charge >= 0.3 is 5.84 Å². The fourth-order valence-corrected chi connectivity index (χ4v) is 0.731. The number of nitrogens with zero attached hydrogens (tertiary/aromatic N) is 2. The zero-order valence-electron chi connectivity index (χ0n) is 7.50. The van der Waals surface area contributed by atoms with Gasteiger partial charge in [0.25, 0.3) is 0 Å². The number of amidine groups is 1. The summed E-state index contributed by atoms with van der Waals surface area (Å²) < 4.78 is 4.43. The first-order valence-corrected chi connectivity index (χ1v) is 3.80. The second-order valence-electron chi connectivity index (χ2n) is 2.16. The van der Waals surface area contributed by atoms with E-state index in [1.807, 2.05) is 6.92 Å². The van der Waals surface area contributed by atoms with Gasteiger partial charge in [0, 0.05) is 0 Å². The number of hydroxylamine groups is 1. The van der Waals surface area contributed by atoms with Crippen LogP contribution in [0.25, 0.3) is 0 Å². The number of nitrogen functional groups attached to an aromatic ring is 1. The summed E-state index contributed by atoms with van der Waals surface area (Å²) in [7, 11) is 1.70. The van der Waals surface area contributed by atoms with Crippen LogP contribution in [-0.4, -0.2) is 29.8 Å². The van der Waals surface area contributed by atoms with Crippen LogP contribution < -0.4 is 16.2 Å². The molecular formula is C6H12N5O2+. The zero-order valence-corrected chi connectivity index (χ0v) is 7.50. The van der Waals surface area contributed by atoms with E-state index in [0.717, 1.165) is 0 Å². The molecule has 0 aromatic carbocycles. The quantitative estimate of drug-likeness (QED) is 0.277. The summed E-state index contributed by atoms with van der Waals surface area (Å²) >= 11 is 0. The first-order chi connectivity index (χ1) is 6.29. The maximum absolute atomic E-state index is 5.47. The first-order valence-electron chi connectivity index (χ1n) is 3.80. The third-order valence-corrected chi connectivity index (χ3v) is 1.32. The standard InChI is InChI=1S/C6H11N5O2/c1-3-12-11-6(8-2)4-5(7)10-13-9-4/h3H2,1-2H3,(H2,7,10)(H,8,11)/p+1. The van der Waals surface area contributed by atoms with E-state index >= 15 is 0 Å². The number of hydrogen-bond acceptors (Lipinski definition) is 5. The van der Waals surface area contributed by atoms with Crippen molar-refractivity contribution in [1.29, 1.82) is 0 Å². The second kappa shape index (κ2) is 4.41. The lowest BCUT2D eigenvalue weighted by Crippen LogP contribution is -2.72. The Hall–Kier alpha value is -1.63. The minimum Gasteiger partial charge on any atom is -0.379 e. The van der Waals surface area contributed by atoms with Gasteiger partial charge in [0.1, 0.15) is 0 Å². The summed E-state index contributed by atoms with van der Waals surface area (Å²) in [5.74, 6) is 0.720. The van der Waals surface area contributed by atoms with Crippen molar-refractivity contribution in [1.82, 2.24) is 15.8 Å². The van der Waals surface area contributed by atoms with Crippen molar-refractivity contribution in [3.05, 3.63) is 5.69 Å². The van der Waals surface area contributed by atoms with Gasteiger partial charge in [-0.3, -0.25) is 4.99 Å². The predicted octanol–water partition coefficient (Wildman–Crippen LogP) is -2.35. The van der Waals surface area contributed by atoms with Gasteiger partial charge in [0.15, 0.2) is 0 Å². The van der Waals surface area contributed by atoms with Crippen LogP contribution in [0.4, 0.5) is 5.82 Å². The van der Waals surface area contributed by atoms with Crippen molar-refractivity contribution in [2.24, 2.45) is 0 Å². The van der Waals surface area contributed by atoms with Gasteiger partial charge in [-0.15, -0.1) is 5.48 Å². The number of anilines is 1. The molecule has 0 bridgehead atoms. The molecule has 0 radical (unpaired) electrons. The van der Waals surface area contributed by atoms with Crippen molar-refractivity contribution < 1.29 is 14.5 Å². The van der Waals surface area contributed by atoms with Gasteiger partial charge in [-0.05, 0) is 17.2 Å². The highest BCUT2D eigenvalue weighted by molar-refractivity contribution is 5.95. The third-order valence-electron chi connectivity index (χ3n) is 1.32. The number of nitrogens with one attached hydrogen (secondary N) is 2. The van der Waals surface area contributed by atoms with Crippen LogP contribution >= 0.6 is 0 Å². The monoisotopic (exact) mass is 186 g/mol. The Morgan fingerprint density at radius 2 is 2.46 bits per heavy atom. The molecule has 7 nitrogen and oxygen atoms in total. The SMILES string of the molecule is CCONC(=[NH+]C)c1nonc1N. The zero-order chi connectivity index (χ0) is 9.68. The van der Waals surface area contributed by atoms with Crippen molar-refractivity contribution in [3.63, 3.8) is 0 Å². The third kappa shape index (κ3) is 2.15. The van der Waals surface area contributed by atoms with Crippen molar-refractivity contribution >= 4 is 11.7 Å². The Morgan fingerprint density at radius 1 is 1.69 bits per heavy atom. The molecule has 0 saturated carbocycles. The van der Waals surface area contributed by atoms with E-state index in [2.05, 4.69) is 25.4 Å². The molecule has 0 saturated heterocycles. The van der Waals surface area contributed by atoms with Crippen LogP contribution in [-0.2, 0) is 4.84 Å². The summed E-state index contributed by atoms with van der Waals surface area (Å²) in [6, 6.07) is 0. The van der Waals surface area contributed by atoms with E-state index in [4.69, 9.17) is 10.6 Å². The molecule has 4 N–H and O–H groups in total. The molecule has 0 aliphatic rings. The summed E-state index contributed by atoms with van der Waals surface area (Å²) in [6.07, 6.45) is 0. The lowest BCUT2D eigenvalue weighted by atomic mass is 10.4. The van der Waals surface area contributed by atoms with Crippen LogP contribution in [0.15, 0.2) is 4.63 Å². The summed E-state index contributed by atoms with van der Waals surface area (Å²) in [5, 5.41) is 7.02. The van der Waals surface area contributed by atoms with Crippen LogP contribution in [0, 0.1) is 0 Å². The van der Waals surface area contributed by atoms with E-state index < -0.39 is 0 Å². The molecular weight excluding hydrogens is 174 g/mol. The number of hydrogen-bond donors (Lipinski definition) is 3. The van der Waals surface area contributed by atoms with Crippen molar-refractivity contribution in [2.75, 3.05) is 19.4 Å². The van der Waals surface area contributed by atoms with E-state index in [-0.39, 0.29) is 5.82 Å². The average Bonchev–Trinajstić information content (AvgIpc) is 2.54. The largest absolute Gasteiger partial charge is 0.379 e. The van der Waals surface area contributed by atoms with Crippen LogP contribution in [0.1, 0.15) is 12.6 Å². The first kappa shape index (κ1) is 9.46. The maximum Gasteiger partial charge on any atom is 0.331 e. The van der Waals surface area contributed by atoms with Gasteiger partial charge in [0.05, 0.1) is 13.7 Å². The molecule has 1 heterocycles. The van der Waals surface area contributed by atoms with E-state index in [1.165, 1.54) is 0 Å². The Bertz CT molecular complexity index is 295. The minimum absolute atomic E-state index is 0.205. The normalized spacial score (nSPS) is 11.7. The number of rotatable bonds is 3. The number of aromatic nitrogens is 2. The highest BCUT2D eigenvalue weighted by Gasteiger charge is 2.19. The lowest BCUT2D eigenvalue weighted by Gasteiger charge is -1.96. The molecule has 0 spiro atoms. The Balaban J connectivity index is 2.74. The highest BCUT2D eigenvalue weighted by atomic mass is 16.6. The molecule has 0 aliphatic heterocycles. The van der Waals surface area contributed by atoms with E-state index in [1.54, 1.807) is 7.05 Å². The molecule has 13 heavy (non-hydrogen) atoms. The molecule has 1 aromatic heterocycles. The van der Waals surface area contributed by atoms with Gasteiger partial charge in [-0.1, -0.05) is 0 Å². The smallest absolute Gasteiger partial charge is 0.331 e. The predicted molar refractivity (Wildman–Crippen MR) is 44.5 cm³/mol. The van der Waals surface area contributed by atoms with Crippen LogP contribution in [0.2, 0.25) is 0 Å². The molecule has 0 fully saturated rings. The lowest BCUT2D eigenvalue weighted by molar-refractivity contribution is -0.424. The molecule has 7 heteroatoms. The fourth-order valence-electron chi connectivity index (χ4n) is 0.731. The topological polar surface area (TPSA) is 100 Å².